The van der Waals surface area contributed by atoms with Gasteiger partial charge in [-0.1, -0.05) is 41.5 Å². The second kappa shape index (κ2) is 6.47. The maximum Gasteiger partial charge on any atom is 0.123 e. The van der Waals surface area contributed by atoms with Crippen molar-refractivity contribution in [3.05, 3.63) is 28.8 Å². The van der Waals surface area contributed by atoms with E-state index in [4.69, 9.17) is 0 Å². The first-order chi connectivity index (χ1) is 10.5. The normalized spacial score (nSPS) is 23.1. The van der Waals surface area contributed by atoms with Crippen molar-refractivity contribution in [3.63, 3.8) is 0 Å². The molecule has 130 valence electrons. The number of aromatic hydroxyl groups is 1. The van der Waals surface area contributed by atoms with Crippen LogP contribution < -0.4 is 4.90 Å². The van der Waals surface area contributed by atoms with Crippen molar-refractivity contribution < 1.29 is 10.0 Å². The van der Waals surface area contributed by atoms with Gasteiger partial charge in [-0.3, -0.25) is 0 Å². The van der Waals surface area contributed by atoms with E-state index in [2.05, 4.69) is 60.6 Å². The minimum atomic E-state index is -0.0387. The zero-order valence-corrected chi connectivity index (χ0v) is 16.2. The third-order valence-corrected chi connectivity index (χ3v) is 5.30. The number of rotatable bonds is 2. The van der Waals surface area contributed by atoms with Crippen LogP contribution in [0.3, 0.4) is 0 Å². The number of piperidine rings is 1. The summed E-state index contributed by atoms with van der Waals surface area (Å²) in [5.41, 5.74) is 3.47. The Balaban J connectivity index is 2.43. The van der Waals surface area contributed by atoms with E-state index in [0.29, 0.717) is 5.75 Å². The molecule has 2 rings (SSSR count). The highest BCUT2D eigenvalue weighted by Crippen LogP contribution is 2.39. The molecular formula is C21H36NO+. The lowest BCUT2D eigenvalue weighted by Crippen LogP contribution is -3.14. The number of nitrogens with one attached hydrogen (secondary N) is 1. The molecule has 1 aromatic rings. The lowest BCUT2D eigenvalue weighted by atomic mass is 9.78. The van der Waals surface area contributed by atoms with Gasteiger partial charge < -0.3 is 10.0 Å². The summed E-state index contributed by atoms with van der Waals surface area (Å²) in [5.74, 6) is 0.496. The molecule has 1 unspecified atom stereocenters. The van der Waals surface area contributed by atoms with E-state index in [9.17, 15) is 5.11 Å². The van der Waals surface area contributed by atoms with Gasteiger partial charge in [0.25, 0.3) is 0 Å². The Bertz CT molecular complexity index is 513. The van der Waals surface area contributed by atoms with Crippen LogP contribution >= 0.6 is 0 Å². The molecule has 1 heterocycles. The van der Waals surface area contributed by atoms with Crippen LogP contribution in [0.5, 0.6) is 5.75 Å². The fourth-order valence-electron chi connectivity index (χ4n) is 3.72. The van der Waals surface area contributed by atoms with Crippen molar-refractivity contribution in [1.29, 1.82) is 0 Å². The standard InChI is InChI=1S/C21H35NO/c1-15-10-8-9-11-22(15)14-16-12-17(20(2,3)4)19(23)18(13-16)21(5,6)7/h12-13,15,23H,8-11,14H2,1-7H3/p+1/t15-/m1/s1. The van der Waals surface area contributed by atoms with Gasteiger partial charge in [0, 0.05) is 16.7 Å². The largest absolute Gasteiger partial charge is 0.507 e. The minimum absolute atomic E-state index is 0.0387. The van der Waals surface area contributed by atoms with Gasteiger partial charge in [0.15, 0.2) is 0 Å². The van der Waals surface area contributed by atoms with E-state index in [1.807, 2.05) is 0 Å². The number of quaternary nitrogens is 1. The lowest BCUT2D eigenvalue weighted by molar-refractivity contribution is -0.941. The second-order valence-corrected chi connectivity index (χ2v) is 9.52. The number of hydrogen-bond acceptors (Lipinski definition) is 1. The fourth-order valence-corrected chi connectivity index (χ4v) is 3.72. The maximum absolute atomic E-state index is 10.8. The van der Waals surface area contributed by atoms with Crippen molar-refractivity contribution in [2.24, 2.45) is 0 Å². The van der Waals surface area contributed by atoms with Gasteiger partial charge in [0.2, 0.25) is 0 Å². The predicted octanol–water partition coefficient (Wildman–Crippen LogP) is 3.94. The predicted molar refractivity (Wildman–Crippen MR) is 98.4 cm³/mol. The van der Waals surface area contributed by atoms with Gasteiger partial charge in [-0.25, -0.2) is 0 Å². The van der Waals surface area contributed by atoms with Crippen LogP contribution in [-0.2, 0) is 17.4 Å². The molecule has 2 atom stereocenters. The van der Waals surface area contributed by atoms with E-state index >= 15 is 0 Å². The summed E-state index contributed by atoms with van der Waals surface area (Å²) in [7, 11) is 0. The zero-order chi connectivity index (χ0) is 17.4. The van der Waals surface area contributed by atoms with E-state index in [0.717, 1.165) is 23.7 Å². The molecule has 1 aliphatic rings. The van der Waals surface area contributed by atoms with Crippen LogP contribution in [-0.4, -0.2) is 17.7 Å². The first-order valence-electron chi connectivity index (χ1n) is 9.21. The van der Waals surface area contributed by atoms with E-state index in [1.54, 1.807) is 4.90 Å². The summed E-state index contributed by atoms with van der Waals surface area (Å²) in [6.07, 6.45) is 4.06. The van der Waals surface area contributed by atoms with Crippen molar-refractivity contribution >= 4 is 0 Å². The molecule has 2 nitrogen and oxygen atoms in total. The molecule has 23 heavy (non-hydrogen) atoms. The molecule has 0 radical (unpaired) electrons. The molecule has 0 spiro atoms. The topological polar surface area (TPSA) is 24.7 Å². The second-order valence-electron chi connectivity index (χ2n) is 9.52. The summed E-state index contributed by atoms with van der Waals surface area (Å²) in [4.78, 5) is 1.70. The monoisotopic (exact) mass is 318 g/mol. The summed E-state index contributed by atoms with van der Waals surface area (Å²) in [6, 6.07) is 5.24. The smallest absolute Gasteiger partial charge is 0.123 e. The molecule has 0 amide bonds. The van der Waals surface area contributed by atoms with Gasteiger partial charge in [-0.15, -0.1) is 0 Å². The molecule has 1 aliphatic heterocycles. The molecule has 2 heteroatoms. The maximum atomic E-state index is 10.8. The summed E-state index contributed by atoms with van der Waals surface area (Å²) in [6.45, 7) is 17.9. The summed E-state index contributed by atoms with van der Waals surface area (Å²) in [5, 5.41) is 10.8. The molecule has 2 N–H and O–H groups in total. The number of phenols is 1. The van der Waals surface area contributed by atoms with Gasteiger partial charge in [-0.2, -0.15) is 0 Å². The average molecular weight is 319 g/mol. The van der Waals surface area contributed by atoms with Crippen LogP contribution in [0.2, 0.25) is 0 Å². The molecular weight excluding hydrogens is 282 g/mol. The molecule has 0 aliphatic carbocycles. The van der Waals surface area contributed by atoms with Gasteiger partial charge >= 0.3 is 0 Å². The fraction of sp³-hybridized carbons (Fsp3) is 0.714. The highest BCUT2D eigenvalue weighted by Gasteiger charge is 2.28. The Kier molecular flexibility index (Phi) is 5.15. The third kappa shape index (κ3) is 4.29. The van der Waals surface area contributed by atoms with Crippen molar-refractivity contribution in [2.45, 2.75) is 91.1 Å². The SMILES string of the molecule is C[C@@H]1CCCC[NH+]1Cc1cc(C(C)(C)C)c(O)c(C(C)(C)C)c1. The molecule has 1 fully saturated rings. The first kappa shape index (κ1) is 18.3. The van der Waals surface area contributed by atoms with Crippen LogP contribution in [0, 0.1) is 0 Å². The highest BCUT2D eigenvalue weighted by atomic mass is 16.3. The van der Waals surface area contributed by atoms with E-state index in [-0.39, 0.29) is 10.8 Å². The van der Waals surface area contributed by atoms with E-state index < -0.39 is 0 Å². The molecule has 0 saturated carbocycles. The highest BCUT2D eigenvalue weighted by molar-refractivity contribution is 5.49. The van der Waals surface area contributed by atoms with Crippen molar-refractivity contribution in [2.75, 3.05) is 6.54 Å². The Labute approximate surface area is 142 Å². The lowest BCUT2D eigenvalue weighted by Gasteiger charge is -2.32. The van der Waals surface area contributed by atoms with Gasteiger partial charge in [0.1, 0.15) is 12.3 Å². The Morgan fingerprint density at radius 1 is 1.00 bits per heavy atom. The Morgan fingerprint density at radius 3 is 1.96 bits per heavy atom. The summed E-state index contributed by atoms with van der Waals surface area (Å²) >= 11 is 0. The zero-order valence-electron chi connectivity index (χ0n) is 16.2. The number of benzene rings is 1. The first-order valence-corrected chi connectivity index (χ1v) is 9.21. The molecule has 0 bridgehead atoms. The molecule has 1 aromatic carbocycles. The Hall–Kier alpha value is -1.02. The quantitative estimate of drug-likeness (QED) is 0.848. The number of phenolic OH excluding ortho intramolecular Hbond substituents is 1. The Morgan fingerprint density at radius 2 is 1.52 bits per heavy atom. The van der Waals surface area contributed by atoms with Crippen LogP contribution in [0.1, 0.15) is 84.4 Å². The number of likely N-dealkylation sites (tertiary alicyclic amines) is 1. The van der Waals surface area contributed by atoms with E-state index in [1.165, 1.54) is 31.4 Å². The van der Waals surface area contributed by atoms with Crippen LogP contribution in [0.15, 0.2) is 12.1 Å². The third-order valence-electron chi connectivity index (χ3n) is 5.30. The van der Waals surface area contributed by atoms with Crippen LogP contribution in [0.25, 0.3) is 0 Å². The van der Waals surface area contributed by atoms with Gasteiger partial charge in [-0.05, 0) is 49.1 Å². The van der Waals surface area contributed by atoms with Crippen molar-refractivity contribution in [1.82, 2.24) is 0 Å². The van der Waals surface area contributed by atoms with Crippen LogP contribution in [0.4, 0.5) is 0 Å². The minimum Gasteiger partial charge on any atom is -0.507 e. The van der Waals surface area contributed by atoms with Gasteiger partial charge in [0.05, 0.1) is 12.6 Å². The number of hydrogen-bond donors (Lipinski definition) is 2. The summed E-state index contributed by atoms with van der Waals surface area (Å²) < 4.78 is 0. The average Bonchev–Trinajstić information content (AvgIpc) is 2.40. The molecule has 1 saturated heterocycles. The van der Waals surface area contributed by atoms with Crippen molar-refractivity contribution in [3.8, 4) is 5.75 Å². The molecule has 0 aromatic heterocycles.